The molecule has 0 spiro atoms. The smallest absolute Gasteiger partial charge is 0 e. The van der Waals surface area contributed by atoms with E-state index in [1.54, 1.807) is 0 Å². The first-order chi connectivity index (χ1) is 52.5. The molecular formula is C107H172Y-2. The van der Waals surface area contributed by atoms with E-state index in [0.29, 0.717) is 0 Å². The van der Waals surface area contributed by atoms with Crippen molar-refractivity contribution in [2.75, 3.05) is 0 Å². The Morgan fingerprint density at radius 2 is 0.352 bits per heavy atom. The van der Waals surface area contributed by atoms with Gasteiger partial charge in [0, 0.05) is 32.7 Å². The third-order valence-electron chi connectivity index (χ3n) is 11.5. The van der Waals surface area contributed by atoms with Crippen LogP contribution in [0.2, 0.25) is 0 Å². The predicted octanol–water partition coefficient (Wildman–Crippen LogP) is 37.3. The Labute approximate surface area is 703 Å². The standard InChI is InChI=1S/3C13H12.3C8H10.2C6H5.16C2H6.Y/c1-11-7-5-6-10-13(11)12-8-3-2-4-9-12;1-11-6-5-9-13(10-11)12-7-3-2-4-8-12;1-11-7-9-13(10-8-11)12-5-3-2-4-6-12;1-7-3-5-8(2)6-4-7;1-7-4-3-5-8(2)6-7;1-7-5-3-4-6-8(7)2;2*1-2-4-6-5-3-1;16*1-2;/h3*2-10H,1H3;3*3-6H,1-2H3;2*1-5H;16*1-2H3;/q;;;;;;2*-1;;;;;;;;;;;;;;;;;. The van der Waals surface area contributed by atoms with Gasteiger partial charge in [-0.1, -0.05) is 492 Å². The van der Waals surface area contributed by atoms with E-state index in [-0.39, 0.29) is 32.7 Å². The Hall–Kier alpha value is -7.48. The van der Waals surface area contributed by atoms with Crippen molar-refractivity contribution in [1.29, 1.82) is 0 Å². The van der Waals surface area contributed by atoms with E-state index in [9.17, 15) is 0 Å². The second-order valence-electron chi connectivity index (χ2n) is 18.2. The molecule has 1 heteroatoms. The van der Waals surface area contributed by atoms with Gasteiger partial charge in [0.15, 0.2) is 0 Å². The first-order valence-corrected chi connectivity index (χ1v) is 41.7. The Balaban J connectivity index is -0.0000000745. The monoisotopic (exact) mass is 1550 g/mol. The fourth-order valence-corrected chi connectivity index (χ4v) is 7.14. The van der Waals surface area contributed by atoms with Crippen LogP contribution in [0.25, 0.3) is 33.4 Å². The molecule has 0 fully saturated rings. The van der Waals surface area contributed by atoms with Crippen LogP contribution in [-0.4, -0.2) is 0 Å². The van der Waals surface area contributed by atoms with Gasteiger partial charge in [-0.25, -0.2) is 0 Å². The van der Waals surface area contributed by atoms with Crippen LogP contribution in [0.3, 0.4) is 0 Å². The van der Waals surface area contributed by atoms with E-state index in [1.165, 1.54) is 83.5 Å². The van der Waals surface area contributed by atoms with Gasteiger partial charge in [0.25, 0.3) is 0 Å². The quantitative estimate of drug-likeness (QED) is 0.155. The molecule has 0 aliphatic carbocycles. The minimum Gasteiger partial charge on any atom is -0.184 e. The molecule has 0 N–H and O–H groups in total. The van der Waals surface area contributed by atoms with Crippen LogP contribution in [0.4, 0.5) is 0 Å². The predicted molar refractivity (Wildman–Crippen MR) is 510 cm³/mol. The minimum atomic E-state index is 0. The van der Waals surface area contributed by atoms with Crippen LogP contribution in [0.1, 0.15) is 272 Å². The van der Waals surface area contributed by atoms with Gasteiger partial charge in [0.2, 0.25) is 0 Å². The van der Waals surface area contributed by atoms with Gasteiger partial charge in [0.1, 0.15) is 0 Å². The van der Waals surface area contributed by atoms with Crippen molar-refractivity contribution < 1.29 is 32.7 Å². The van der Waals surface area contributed by atoms with Gasteiger partial charge in [-0.3, -0.25) is 0 Å². The summed E-state index contributed by atoms with van der Waals surface area (Å²) in [7, 11) is 0. The molecule has 0 heterocycles. The number of hydrogen-bond donors (Lipinski definition) is 0. The van der Waals surface area contributed by atoms with Crippen LogP contribution in [0.5, 0.6) is 0 Å². The molecule has 11 aromatic rings. The first-order valence-electron chi connectivity index (χ1n) is 41.7. The normalized spacial score (nSPS) is 7.42. The zero-order chi connectivity index (χ0) is 85.7. The molecule has 0 saturated carbocycles. The van der Waals surface area contributed by atoms with Gasteiger partial charge in [-0.15, -0.1) is 0 Å². The number of rotatable bonds is 3. The summed E-state index contributed by atoms with van der Waals surface area (Å²) in [5, 5.41) is 0. The zero-order valence-electron chi connectivity index (χ0n) is 78.4. The molecule has 0 atom stereocenters. The number of aryl methyl sites for hydroxylation is 9. The van der Waals surface area contributed by atoms with Crippen molar-refractivity contribution in [3.05, 3.63) is 359 Å². The summed E-state index contributed by atoms with van der Waals surface area (Å²) < 4.78 is 0. The first kappa shape index (κ1) is 133. The molecule has 0 aromatic heterocycles. The second-order valence-corrected chi connectivity index (χ2v) is 18.2. The van der Waals surface area contributed by atoms with Gasteiger partial charge in [-0.2, -0.15) is 72.8 Å². The maximum atomic E-state index is 2.89. The van der Waals surface area contributed by atoms with E-state index in [2.05, 4.69) is 293 Å². The van der Waals surface area contributed by atoms with Crippen LogP contribution in [0, 0.1) is 74.4 Å². The van der Waals surface area contributed by atoms with Gasteiger partial charge < -0.3 is 0 Å². The third kappa shape index (κ3) is 89.1. The Morgan fingerprint density at radius 3 is 0.583 bits per heavy atom. The van der Waals surface area contributed by atoms with Crippen LogP contribution >= 0.6 is 0 Å². The second kappa shape index (κ2) is 123. The summed E-state index contributed by atoms with van der Waals surface area (Å²) in [6, 6.07) is 107. The maximum Gasteiger partial charge on any atom is 0 e. The molecule has 0 unspecified atom stereocenters. The van der Waals surface area contributed by atoms with Crippen molar-refractivity contribution in [2.24, 2.45) is 0 Å². The number of benzene rings is 11. The van der Waals surface area contributed by atoms with Crippen molar-refractivity contribution in [1.82, 2.24) is 0 Å². The zero-order valence-corrected chi connectivity index (χ0v) is 81.2. The fourth-order valence-electron chi connectivity index (χ4n) is 7.14. The number of hydrogen-bond acceptors (Lipinski definition) is 0. The van der Waals surface area contributed by atoms with E-state index < -0.39 is 0 Å². The van der Waals surface area contributed by atoms with E-state index in [0.717, 1.165) is 0 Å². The van der Waals surface area contributed by atoms with E-state index >= 15 is 0 Å². The Morgan fingerprint density at radius 1 is 0.148 bits per heavy atom. The van der Waals surface area contributed by atoms with E-state index in [1.807, 2.05) is 300 Å². The topological polar surface area (TPSA) is 0 Å². The molecule has 1 radical (unpaired) electrons. The van der Waals surface area contributed by atoms with Crippen LogP contribution in [0.15, 0.2) is 297 Å². The van der Waals surface area contributed by atoms with Crippen molar-refractivity contribution in [2.45, 2.75) is 284 Å². The minimum absolute atomic E-state index is 0. The average Bonchev–Trinajstić information content (AvgIpc) is 0.873. The summed E-state index contributed by atoms with van der Waals surface area (Å²) in [4.78, 5) is 0. The van der Waals surface area contributed by atoms with Crippen molar-refractivity contribution in [3.63, 3.8) is 0 Å². The van der Waals surface area contributed by atoms with Gasteiger partial charge in [0.05, 0.1) is 0 Å². The fraction of sp³-hybridized carbons (Fsp3) is 0.383. The van der Waals surface area contributed by atoms with Crippen LogP contribution in [-0.2, 0) is 32.7 Å². The Bertz CT molecular complexity index is 2990. The molecule has 0 amide bonds. The van der Waals surface area contributed by atoms with Crippen molar-refractivity contribution in [3.8, 4) is 33.4 Å². The Kier molecular flexibility index (Phi) is 152. The van der Waals surface area contributed by atoms with Gasteiger partial charge >= 0.3 is 0 Å². The molecule has 605 valence electrons. The molecule has 0 nitrogen and oxygen atoms in total. The molecule has 108 heavy (non-hydrogen) atoms. The summed E-state index contributed by atoms with van der Waals surface area (Å²) in [5.41, 5.74) is 19.8. The molecule has 11 rings (SSSR count). The average molecular weight is 1550 g/mol. The molecule has 11 aromatic carbocycles. The SMILES string of the molecule is CC.CC.CC.CC.CC.CC.CC.CC.CC.CC.CC.CC.CC.CC.CC.CC.Cc1ccc(-c2ccccc2)cc1.Cc1ccc(C)cc1.Cc1cccc(-c2ccccc2)c1.Cc1cccc(C)c1.Cc1ccccc1-c1ccccc1.Cc1ccccc1C.[Y].[c-]1ccccc1.[c-]1ccccc1. The molecule has 0 aliphatic heterocycles. The molecular weight excluding hydrogens is 1370 g/mol. The van der Waals surface area contributed by atoms with Crippen LogP contribution < -0.4 is 0 Å². The summed E-state index contributed by atoms with van der Waals surface area (Å²) in [6.45, 7) is 83.0. The summed E-state index contributed by atoms with van der Waals surface area (Å²) in [6.07, 6.45) is 0. The summed E-state index contributed by atoms with van der Waals surface area (Å²) >= 11 is 0. The molecule has 0 bridgehead atoms. The molecule has 0 saturated heterocycles. The van der Waals surface area contributed by atoms with Crippen molar-refractivity contribution >= 4 is 0 Å². The van der Waals surface area contributed by atoms with Gasteiger partial charge in [-0.05, 0) is 112 Å². The largest absolute Gasteiger partial charge is 0.184 e. The van der Waals surface area contributed by atoms with E-state index in [4.69, 9.17) is 0 Å². The maximum absolute atomic E-state index is 2.89. The third-order valence-corrected chi connectivity index (χ3v) is 11.5. The molecule has 0 aliphatic rings. The summed E-state index contributed by atoms with van der Waals surface area (Å²) in [5.74, 6) is 0.